The van der Waals surface area contributed by atoms with E-state index in [0.717, 1.165) is 25.9 Å². The average molecular weight is 441 g/mol. The van der Waals surface area contributed by atoms with Gasteiger partial charge in [0, 0.05) is 44.8 Å². The molecule has 0 radical (unpaired) electrons. The van der Waals surface area contributed by atoms with Gasteiger partial charge < -0.3 is 20.1 Å². The van der Waals surface area contributed by atoms with Gasteiger partial charge in [0.1, 0.15) is 11.5 Å². The second-order valence-electron chi connectivity index (χ2n) is 8.50. The van der Waals surface area contributed by atoms with Crippen molar-refractivity contribution in [3.05, 3.63) is 59.2 Å². The zero-order valence-electron chi connectivity index (χ0n) is 18.1. The molecular weight excluding hydrogens is 411 g/mol. The lowest BCUT2D eigenvalue weighted by molar-refractivity contribution is -0.126. The summed E-state index contributed by atoms with van der Waals surface area (Å²) in [5, 5.41) is 2.89. The molecule has 170 valence electrons. The van der Waals surface area contributed by atoms with Crippen LogP contribution >= 0.6 is 0 Å². The summed E-state index contributed by atoms with van der Waals surface area (Å²) in [6, 6.07) is 8.19. The maximum absolute atomic E-state index is 13.7. The number of hydrogen-bond donors (Lipinski definition) is 2. The summed E-state index contributed by atoms with van der Waals surface area (Å²) < 4.78 is 13.7. The Kier molecular flexibility index (Phi) is 6.87. The number of halogens is 1. The second-order valence-corrected chi connectivity index (χ2v) is 8.50. The Morgan fingerprint density at radius 2 is 1.69 bits per heavy atom. The summed E-state index contributed by atoms with van der Waals surface area (Å²) >= 11 is 0. The zero-order chi connectivity index (χ0) is 22.5. The van der Waals surface area contributed by atoms with E-state index >= 15 is 0 Å². The number of nitrogens with zero attached hydrogens (tertiary/aromatic N) is 2. The number of carbonyl (C=O) groups excluding carboxylic acids is 3. The highest BCUT2D eigenvalue weighted by Gasteiger charge is 2.29. The fraction of sp³-hybridized carbons (Fsp3) is 0.458. The maximum atomic E-state index is 13.7. The topological polar surface area (TPSA) is 85.5 Å². The van der Waals surface area contributed by atoms with Crippen LogP contribution in [0.4, 0.5) is 4.39 Å². The van der Waals surface area contributed by atoms with Crippen LogP contribution in [0.25, 0.3) is 0 Å². The van der Waals surface area contributed by atoms with Crippen LogP contribution in [0.2, 0.25) is 0 Å². The summed E-state index contributed by atoms with van der Waals surface area (Å²) in [4.78, 5) is 44.3. The summed E-state index contributed by atoms with van der Waals surface area (Å²) in [5.41, 5.74) is 1.50. The van der Waals surface area contributed by atoms with Gasteiger partial charge in [-0.25, -0.2) is 4.39 Å². The van der Waals surface area contributed by atoms with Gasteiger partial charge in [0.15, 0.2) is 0 Å². The van der Waals surface area contributed by atoms with E-state index in [0.29, 0.717) is 55.7 Å². The molecule has 2 N–H and O–H groups in total. The number of piperidine rings is 1. The standard InChI is InChI=1S/C24H29FN4O3/c25-20-6-2-1-5-17(20)7-10-26-22(30)18-8-13-29(14-9-18)23(31)19-15-21(27-16-19)24(32)28-11-3-4-12-28/h1-2,5-6,15-16,18,27H,3-4,7-14H2,(H,26,30). The normalized spacial score (nSPS) is 16.9. The number of carbonyl (C=O) groups is 3. The van der Waals surface area contributed by atoms with Crippen molar-refractivity contribution in [2.45, 2.75) is 32.1 Å². The summed E-state index contributed by atoms with van der Waals surface area (Å²) in [7, 11) is 0. The minimum Gasteiger partial charge on any atom is -0.356 e. The Hall–Kier alpha value is -3.16. The molecule has 2 aliphatic rings. The summed E-state index contributed by atoms with van der Waals surface area (Å²) in [6.07, 6.45) is 5.24. The van der Waals surface area contributed by atoms with Crippen molar-refractivity contribution in [1.29, 1.82) is 0 Å². The van der Waals surface area contributed by atoms with Crippen molar-refractivity contribution in [3.63, 3.8) is 0 Å². The SMILES string of the molecule is O=C(NCCc1ccccc1F)C1CCN(C(=O)c2c[nH]c(C(=O)N3CCCC3)c2)CC1. The molecule has 4 rings (SSSR count). The van der Waals surface area contributed by atoms with Crippen LogP contribution < -0.4 is 5.32 Å². The van der Waals surface area contributed by atoms with E-state index in [1.807, 2.05) is 0 Å². The van der Waals surface area contributed by atoms with Crippen molar-refractivity contribution in [2.24, 2.45) is 5.92 Å². The predicted molar refractivity (Wildman–Crippen MR) is 118 cm³/mol. The van der Waals surface area contributed by atoms with Crippen molar-refractivity contribution >= 4 is 17.7 Å². The van der Waals surface area contributed by atoms with Gasteiger partial charge in [-0.2, -0.15) is 0 Å². The first-order valence-corrected chi connectivity index (χ1v) is 11.3. The van der Waals surface area contributed by atoms with Crippen LogP contribution in [-0.4, -0.2) is 65.2 Å². The van der Waals surface area contributed by atoms with Crippen LogP contribution in [-0.2, 0) is 11.2 Å². The van der Waals surface area contributed by atoms with Gasteiger partial charge in [-0.05, 0) is 49.8 Å². The monoisotopic (exact) mass is 440 g/mol. The minimum atomic E-state index is -0.261. The Balaban J connectivity index is 1.23. The molecule has 3 heterocycles. The molecular formula is C24H29FN4O3. The van der Waals surface area contributed by atoms with E-state index in [1.54, 1.807) is 40.3 Å². The molecule has 8 heteroatoms. The Labute approximate surface area is 187 Å². The molecule has 0 spiro atoms. The number of likely N-dealkylation sites (tertiary alicyclic amines) is 2. The molecule has 3 amide bonds. The molecule has 2 saturated heterocycles. The largest absolute Gasteiger partial charge is 0.356 e. The highest BCUT2D eigenvalue weighted by molar-refractivity contribution is 5.99. The van der Waals surface area contributed by atoms with E-state index in [1.165, 1.54) is 6.07 Å². The van der Waals surface area contributed by atoms with Crippen molar-refractivity contribution < 1.29 is 18.8 Å². The van der Waals surface area contributed by atoms with Crippen LogP contribution in [0.15, 0.2) is 36.5 Å². The third kappa shape index (κ3) is 5.00. The highest BCUT2D eigenvalue weighted by atomic mass is 19.1. The molecule has 2 fully saturated rings. The number of benzene rings is 1. The Morgan fingerprint density at radius 3 is 2.41 bits per heavy atom. The summed E-state index contributed by atoms with van der Waals surface area (Å²) in [5.74, 6) is -0.650. The van der Waals surface area contributed by atoms with E-state index in [9.17, 15) is 18.8 Å². The van der Waals surface area contributed by atoms with Gasteiger partial charge in [0.2, 0.25) is 5.91 Å². The average Bonchev–Trinajstić information content (AvgIpc) is 3.52. The molecule has 2 aromatic rings. The van der Waals surface area contributed by atoms with E-state index in [-0.39, 0.29) is 29.5 Å². The third-order valence-corrected chi connectivity index (χ3v) is 6.36. The lowest BCUT2D eigenvalue weighted by atomic mass is 9.95. The lowest BCUT2D eigenvalue weighted by Crippen LogP contribution is -2.43. The molecule has 2 aliphatic heterocycles. The van der Waals surface area contributed by atoms with Crippen LogP contribution in [0.1, 0.15) is 52.1 Å². The predicted octanol–water partition coefficient (Wildman–Crippen LogP) is 2.60. The Bertz CT molecular complexity index is 975. The number of aromatic nitrogens is 1. The molecule has 0 aliphatic carbocycles. The van der Waals surface area contributed by atoms with Crippen molar-refractivity contribution in [3.8, 4) is 0 Å². The minimum absolute atomic E-state index is 0.0476. The number of H-pyrrole nitrogens is 1. The van der Waals surface area contributed by atoms with E-state index in [2.05, 4.69) is 10.3 Å². The van der Waals surface area contributed by atoms with Gasteiger partial charge in [0.05, 0.1) is 5.56 Å². The number of amides is 3. The highest BCUT2D eigenvalue weighted by Crippen LogP contribution is 2.20. The zero-order valence-corrected chi connectivity index (χ0v) is 18.1. The van der Waals surface area contributed by atoms with Crippen LogP contribution in [0, 0.1) is 11.7 Å². The van der Waals surface area contributed by atoms with E-state index < -0.39 is 0 Å². The van der Waals surface area contributed by atoms with Crippen LogP contribution in [0.3, 0.4) is 0 Å². The molecule has 7 nitrogen and oxygen atoms in total. The third-order valence-electron chi connectivity index (χ3n) is 6.36. The van der Waals surface area contributed by atoms with Gasteiger partial charge >= 0.3 is 0 Å². The number of nitrogens with one attached hydrogen (secondary N) is 2. The van der Waals surface area contributed by atoms with Crippen molar-refractivity contribution in [2.75, 3.05) is 32.7 Å². The molecule has 0 unspecified atom stereocenters. The maximum Gasteiger partial charge on any atom is 0.270 e. The molecule has 32 heavy (non-hydrogen) atoms. The van der Waals surface area contributed by atoms with Gasteiger partial charge in [-0.15, -0.1) is 0 Å². The first kappa shape index (κ1) is 22.0. The molecule has 1 aromatic heterocycles. The molecule has 0 atom stereocenters. The van der Waals surface area contributed by atoms with Crippen molar-refractivity contribution in [1.82, 2.24) is 20.1 Å². The van der Waals surface area contributed by atoms with Crippen LogP contribution in [0.5, 0.6) is 0 Å². The Morgan fingerprint density at radius 1 is 1.00 bits per heavy atom. The molecule has 0 bridgehead atoms. The first-order valence-electron chi connectivity index (χ1n) is 11.3. The van der Waals surface area contributed by atoms with E-state index in [4.69, 9.17) is 0 Å². The first-order chi connectivity index (χ1) is 15.5. The van der Waals surface area contributed by atoms with Gasteiger partial charge in [0.25, 0.3) is 11.8 Å². The molecule has 0 saturated carbocycles. The lowest BCUT2D eigenvalue weighted by Gasteiger charge is -2.31. The smallest absolute Gasteiger partial charge is 0.270 e. The quantitative estimate of drug-likeness (QED) is 0.724. The number of rotatable bonds is 6. The molecule has 1 aromatic carbocycles. The second kappa shape index (κ2) is 9.97. The number of hydrogen-bond acceptors (Lipinski definition) is 3. The van der Waals surface area contributed by atoms with Gasteiger partial charge in [-0.1, -0.05) is 18.2 Å². The summed E-state index contributed by atoms with van der Waals surface area (Å²) in [6.45, 7) is 2.89. The van der Waals surface area contributed by atoms with Gasteiger partial charge in [-0.3, -0.25) is 14.4 Å². The number of aromatic amines is 1. The fourth-order valence-corrected chi connectivity index (χ4v) is 4.43. The fourth-order valence-electron chi connectivity index (χ4n) is 4.43.